The highest BCUT2D eigenvalue weighted by Gasteiger charge is 2.33. The van der Waals surface area contributed by atoms with E-state index in [1.165, 1.54) is 23.5 Å². The zero-order valence-corrected chi connectivity index (χ0v) is 26.7. The van der Waals surface area contributed by atoms with Gasteiger partial charge in [-0.3, -0.25) is 9.36 Å². The molecule has 0 unspecified atom stereocenters. The number of fused-ring (bicyclic) bond motifs is 1. The molecular formula is C34H31ClN2O7S. The minimum atomic E-state index is -1.01. The molecule has 232 valence electrons. The number of aryl methyl sites for hydroxylation is 1. The number of aromatic nitrogens is 1. The van der Waals surface area contributed by atoms with Crippen LogP contribution in [0.1, 0.15) is 59.4 Å². The topological polar surface area (TPSA) is 116 Å². The fourth-order valence-electron chi connectivity index (χ4n) is 4.98. The Morgan fingerprint density at radius 2 is 1.73 bits per heavy atom. The van der Waals surface area contributed by atoms with Gasteiger partial charge in [0.2, 0.25) is 0 Å². The van der Waals surface area contributed by atoms with Crippen LogP contribution in [0.3, 0.4) is 0 Å². The van der Waals surface area contributed by atoms with Gasteiger partial charge in [-0.15, -0.1) is 0 Å². The van der Waals surface area contributed by atoms with Gasteiger partial charge in [-0.05, 0) is 74.7 Å². The third-order valence-corrected chi connectivity index (χ3v) is 8.39. The Kier molecular flexibility index (Phi) is 9.55. The Bertz CT molecular complexity index is 1980. The molecule has 4 aromatic rings. The lowest BCUT2D eigenvalue weighted by molar-refractivity contribution is -0.139. The molecule has 0 saturated carbocycles. The minimum absolute atomic E-state index is 0.138. The molecular weight excluding hydrogens is 616 g/mol. The molecule has 3 aromatic carbocycles. The third-order valence-electron chi connectivity index (χ3n) is 7.12. The average molecular weight is 647 g/mol. The minimum Gasteiger partial charge on any atom is -0.490 e. The summed E-state index contributed by atoms with van der Waals surface area (Å²) < 4.78 is 19.1. The summed E-state index contributed by atoms with van der Waals surface area (Å²) in [5, 5.41) is 9.41. The number of benzene rings is 3. The monoisotopic (exact) mass is 646 g/mol. The van der Waals surface area contributed by atoms with Crippen LogP contribution >= 0.6 is 22.9 Å². The number of allylic oxidation sites excluding steroid dienone is 1. The van der Waals surface area contributed by atoms with E-state index < -0.39 is 18.0 Å². The van der Waals surface area contributed by atoms with E-state index in [-0.39, 0.29) is 29.4 Å². The van der Waals surface area contributed by atoms with Gasteiger partial charge in [0.25, 0.3) is 5.56 Å². The Morgan fingerprint density at radius 3 is 2.38 bits per heavy atom. The highest BCUT2D eigenvalue weighted by atomic mass is 35.5. The first-order chi connectivity index (χ1) is 21.6. The second-order valence-electron chi connectivity index (χ2n) is 10.3. The Labute approximate surface area is 268 Å². The molecule has 0 fully saturated rings. The van der Waals surface area contributed by atoms with Crippen molar-refractivity contribution in [3.05, 3.63) is 124 Å². The molecule has 0 saturated heterocycles. The van der Waals surface area contributed by atoms with Gasteiger partial charge in [-0.2, -0.15) is 0 Å². The van der Waals surface area contributed by atoms with Crippen molar-refractivity contribution >= 4 is 41.0 Å². The summed E-state index contributed by atoms with van der Waals surface area (Å²) in [4.78, 5) is 43.3. The largest absolute Gasteiger partial charge is 0.490 e. The van der Waals surface area contributed by atoms with Gasteiger partial charge in [0.05, 0.1) is 45.6 Å². The van der Waals surface area contributed by atoms with E-state index in [1.54, 1.807) is 48.8 Å². The van der Waals surface area contributed by atoms with Crippen LogP contribution in [0, 0.1) is 6.92 Å². The molecule has 1 aliphatic rings. The predicted molar refractivity (Wildman–Crippen MR) is 172 cm³/mol. The molecule has 11 heteroatoms. The van der Waals surface area contributed by atoms with Gasteiger partial charge >= 0.3 is 11.9 Å². The molecule has 1 N–H and O–H groups in total. The summed E-state index contributed by atoms with van der Waals surface area (Å²) in [5.74, 6) is -0.801. The molecule has 1 atom stereocenters. The van der Waals surface area contributed by atoms with Crippen molar-refractivity contribution in [2.75, 3.05) is 13.2 Å². The number of thiazole rings is 1. The number of rotatable bonds is 10. The Balaban J connectivity index is 1.54. The summed E-state index contributed by atoms with van der Waals surface area (Å²) in [7, 11) is 0. The highest BCUT2D eigenvalue weighted by molar-refractivity contribution is 7.07. The fraction of sp³-hybridized carbons (Fsp3) is 0.235. The van der Waals surface area contributed by atoms with Crippen molar-refractivity contribution in [1.82, 2.24) is 4.57 Å². The summed E-state index contributed by atoms with van der Waals surface area (Å²) in [6.45, 7) is 7.97. The van der Waals surface area contributed by atoms with Gasteiger partial charge in [0, 0.05) is 0 Å². The lowest BCUT2D eigenvalue weighted by Gasteiger charge is -2.24. The standard InChI is InChI=1S/C34H31ClN2O7S/c1-5-42-26-16-22(15-25(35)30(26)44-18-21-9-13-24(14-10-21)32(39)40)17-27-31(38)37-29(23-11-7-19(3)8-12-23)28(33(41)43-6-2)20(4)36-34(37)45-27/h7-17,29H,5-6,18H2,1-4H3,(H,39,40)/b27-17+/t29-/m1/s1. The van der Waals surface area contributed by atoms with Crippen molar-refractivity contribution in [3.63, 3.8) is 0 Å². The molecule has 0 spiro atoms. The van der Waals surface area contributed by atoms with E-state index in [0.29, 0.717) is 44.3 Å². The van der Waals surface area contributed by atoms with Crippen molar-refractivity contribution in [1.29, 1.82) is 0 Å². The van der Waals surface area contributed by atoms with Crippen molar-refractivity contribution < 1.29 is 28.9 Å². The molecule has 9 nitrogen and oxygen atoms in total. The third kappa shape index (κ3) is 6.72. The molecule has 1 aliphatic heterocycles. The van der Waals surface area contributed by atoms with Gasteiger partial charge in [0.15, 0.2) is 16.3 Å². The zero-order valence-electron chi connectivity index (χ0n) is 25.1. The van der Waals surface area contributed by atoms with E-state index in [2.05, 4.69) is 4.99 Å². The lowest BCUT2D eigenvalue weighted by Crippen LogP contribution is -2.39. The molecule has 1 aromatic heterocycles. The summed E-state index contributed by atoms with van der Waals surface area (Å²) in [6.07, 6.45) is 1.71. The molecule has 2 heterocycles. The number of carbonyl (C=O) groups excluding carboxylic acids is 1. The van der Waals surface area contributed by atoms with E-state index in [4.69, 9.17) is 30.9 Å². The first kappa shape index (κ1) is 31.7. The van der Waals surface area contributed by atoms with Crippen molar-refractivity contribution in [2.24, 2.45) is 4.99 Å². The predicted octanol–water partition coefficient (Wildman–Crippen LogP) is 5.44. The summed E-state index contributed by atoms with van der Waals surface area (Å²) in [6, 6.07) is 16.8. The molecule has 45 heavy (non-hydrogen) atoms. The number of carboxylic acid groups (broad SMARTS) is 1. The zero-order chi connectivity index (χ0) is 32.2. The number of carboxylic acids is 1. The van der Waals surface area contributed by atoms with Gasteiger partial charge in [0.1, 0.15) is 6.61 Å². The van der Waals surface area contributed by atoms with E-state index in [0.717, 1.165) is 16.7 Å². The SMILES string of the molecule is CCOC(=O)C1=C(C)N=c2s/c(=C/c3cc(Cl)c(OCc4ccc(C(=O)O)cc4)c(OCC)c3)c(=O)n2[C@@H]1c1ccc(C)cc1. The lowest BCUT2D eigenvalue weighted by atomic mass is 9.95. The number of nitrogens with zero attached hydrogens (tertiary/aromatic N) is 2. The van der Waals surface area contributed by atoms with Crippen LogP contribution in [0.2, 0.25) is 5.02 Å². The van der Waals surface area contributed by atoms with Crippen molar-refractivity contribution in [3.8, 4) is 11.5 Å². The number of hydrogen-bond acceptors (Lipinski definition) is 8. The second kappa shape index (κ2) is 13.5. The molecule has 5 rings (SSSR count). The molecule has 0 radical (unpaired) electrons. The van der Waals surface area contributed by atoms with E-state index in [1.807, 2.05) is 38.1 Å². The number of hydrogen-bond donors (Lipinski definition) is 1. The normalized spacial score (nSPS) is 14.5. The van der Waals surface area contributed by atoms with Crippen LogP contribution < -0.4 is 24.4 Å². The van der Waals surface area contributed by atoms with Crippen LogP contribution in [-0.4, -0.2) is 34.8 Å². The highest BCUT2D eigenvalue weighted by Crippen LogP contribution is 2.37. The number of ether oxygens (including phenoxy) is 3. The average Bonchev–Trinajstić information content (AvgIpc) is 3.30. The second-order valence-corrected chi connectivity index (χ2v) is 11.7. The van der Waals surface area contributed by atoms with Crippen LogP contribution in [0.4, 0.5) is 0 Å². The molecule has 0 amide bonds. The summed E-state index contributed by atoms with van der Waals surface area (Å²) >= 11 is 7.88. The molecule has 0 bridgehead atoms. The smallest absolute Gasteiger partial charge is 0.338 e. The number of aromatic carboxylic acids is 1. The van der Waals surface area contributed by atoms with Crippen LogP contribution in [-0.2, 0) is 16.1 Å². The van der Waals surface area contributed by atoms with Gasteiger partial charge in [-0.1, -0.05) is 64.9 Å². The van der Waals surface area contributed by atoms with Gasteiger partial charge in [-0.25, -0.2) is 14.6 Å². The maximum Gasteiger partial charge on any atom is 0.338 e. The van der Waals surface area contributed by atoms with Crippen molar-refractivity contribution in [2.45, 2.75) is 40.3 Å². The van der Waals surface area contributed by atoms with Gasteiger partial charge < -0.3 is 19.3 Å². The Morgan fingerprint density at radius 1 is 1.02 bits per heavy atom. The number of esters is 1. The number of halogens is 1. The van der Waals surface area contributed by atoms with Crippen LogP contribution in [0.5, 0.6) is 11.5 Å². The maximum atomic E-state index is 14.0. The molecule has 0 aliphatic carbocycles. The van der Waals surface area contributed by atoms with Crippen LogP contribution in [0.15, 0.2) is 81.7 Å². The maximum absolute atomic E-state index is 14.0. The quantitative estimate of drug-likeness (QED) is 0.228. The first-order valence-electron chi connectivity index (χ1n) is 14.3. The van der Waals surface area contributed by atoms with E-state index >= 15 is 0 Å². The number of carbonyl (C=O) groups is 2. The Hall–Kier alpha value is -4.67. The fourth-order valence-corrected chi connectivity index (χ4v) is 6.30. The first-order valence-corrected chi connectivity index (χ1v) is 15.5. The summed E-state index contributed by atoms with van der Waals surface area (Å²) in [5.41, 5.74) is 3.87. The van der Waals surface area contributed by atoms with E-state index in [9.17, 15) is 14.4 Å². The van der Waals surface area contributed by atoms with Crippen LogP contribution in [0.25, 0.3) is 6.08 Å².